The van der Waals surface area contributed by atoms with E-state index in [1.54, 1.807) is 0 Å². The zero-order valence-electron chi connectivity index (χ0n) is 15.3. The molecule has 8 nitrogen and oxygen atoms in total. The fraction of sp³-hybridized carbons (Fsp3) is 0.444. The van der Waals surface area contributed by atoms with Crippen molar-refractivity contribution in [3.05, 3.63) is 29.8 Å². The first-order valence-corrected chi connectivity index (χ1v) is 10.0. The number of amides is 3. The molecule has 9 heteroatoms. The summed E-state index contributed by atoms with van der Waals surface area (Å²) in [4.78, 5) is 23.9. The van der Waals surface area contributed by atoms with Crippen LogP contribution in [0, 0.1) is 6.92 Å². The molecule has 144 valence electrons. The lowest BCUT2D eigenvalue weighted by Crippen LogP contribution is -2.45. The van der Waals surface area contributed by atoms with Gasteiger partial charge in [0.15, 0.2) is 5.82 Å². The van der Waals surface area contributed by atoms with Crippen molar-refractivity contribution in [2.24, 2.45) is 0 Å². The number of aromatic nitrogens is 3. The second-order valence-corrected chi connectivity index (χ2v) is 7.63. The van der Waals surface area contributed by atoms with E-state index in [0.717, 1.165) is 48.6 Å². The molecule has 4 N–H and O–H groups in total. The van der Waals surface area contributed by atoms with Gasteiger partial charge in [0.1, 0.15) is 0 Å². The van der Waals surface area contributed by atoms with Gasteiger partial charge in [-0.15, -0.1) is 10.2 Å². The predicted octanol–water partition coefficient (Wildman–Crippen LogP) is 2.22. The second-order valence-electron chi connectivity index (χ2n) is 6.69. The Morgan fingerprint density at radius 3 is 2.59 bits per heavy atom. The van der Waals surface area contributed by atoms with Gasteiger partial charge in [-0.25, -0.2) is 9.47 Å². The summed E-state index contributed by atoms with van der Waals surface area (Å²) in [6.45, 7) is 2.00. The van der Waals surface area contributed by atoms with Crippen molar-refractivity contribution in [3.8, 4) is 11.4 Å². The number of nitrogens with two attached hydrogens (primary N) is 1. The maximum Gasteiger partial charge on any atom is 0.321 e. The van der Waals surface area contributed by atoms with Gasteiger partial charge in [0.2, 0.25) is 11.1 Å². The van der Waals surface area contributed by atoms with Gasteiger partial charge in [-0.1, -0.05) is 60.9 Å². The van der Waals surface area contributed by atoms with E-state index >= 15 is 0 Å². The topological polar surface area (TPSA) is 115 Å². The number of imide groups is 1. The number of aryl methyl sites for hydroxylation is 1. The Bertz CT molecular complexity index is 799. The normalized spacial score (nSPS) is 14.7. The Hall–Kier alpha value is -2.55. The van der Waals surface area contributed by atoms with Crippen molar-refractivity contribution in [2.45, 2.75) is 50.2 Å². The van der Waals surface area contributed by atoms with E-state index in [0.29, 0.717) is 11.0 Å². The van der Waals surface area contributed by atoms with Crippen LogP contribution in [0.5, 0.6) is 0 Å². The Balaban J connectivity index is 1.50. The van der Waals surface area contributed by atoms with Crippen LogP contribution in [0.3, 0.4) is 0 Å². The van der Waals surface area contributed by atoms with Gasteiger partial charge in [-0.3, -0.25) is 10.1 Å². The minimum atomic E-state index is -0.443. The summed E-state index contributed by atoms with van der Waals surface area (Å²) in [7, 11) is 0. The highest BCUT2D eigenvalue weighted by Gasteiger charge is 2.18. The van der Waals surface area contributed by atoms with Crippen LogP contribution < -0.4 is 16.5 Å². The minimum Gasteiger partial charge on any atom is -0.335 e. The van der Waals surface area contributed by atoms with E-state index in [-0.39, 0.29) is 11.8 Å². The van der Waals surface area contributed by atoms with Crippen molar-refractivity contribution in [1.82, 2.24) is 25.5 Å². The number of rotatable bonds is 5. The molecule has 0 aliphatic heterocycles. The number of carbonyl (C=O) groups is 2. The smallest absolute Gasteiger partial charge is 0.321 e. The molecule has 0 bridgehead atoms. The first kappa shape index (κ1) is 19.2. The SMILES string of the molecule is Cc1ccc(-c2nnc(SCC(=O)NC(=O)NC3CCCCC3)n2N)cc1. The minimum absolute atomic E-state index is 0.0291. The van der Waals surface area contributed by atoms with Crippen molar-refractivity contribution >= 4 is 23.7 Å². The summed E-state index contributed by atoms with van der Waals surface area (Å²) in [6.07, 6.45) is 5.37. The highest BCUT2D eigenvalue weighted by Crippen LogP contribution is 2.21. The second kappa shape index (κ2) is 8.90. The molecule has 3 amide bonds. The number of urea groups is 1. The molecule has 0 atom stereocenters. The summed E-state index contributed by atoms with van der Waals surface area (Å²) in [6, 6.07) is 7.48. The zero-order chi connectivity index (χ0) is 19.2. The number of thioether (sulfide) groups is 1. The largest absolute Gasteiger partial charge is 0.335 e. The molecule has 0 unspecified atom stereocenters. The molecule has 1 aromatic carbocycles. The molecule has 27 heavy (non-hydrogen) atoms. The van der Waals surface area contributed by atoms with Gasteiger partial charge >= 0.3 is 6.03 Å². The summed E-state index contributed by atoms with van der Waals surface area (Å²) in [5.41, 5.74) is 1.98. The molecule has 1 heterocycles. The van der Waals surface area contributed by atoms with Crippen LogP contribution >= 0.6 is 11.8 Å². The number of hydrogen-bond donors (Lipinski definition) is 3. The van der Waals surface area contributed by atoms with E-state index in [2.05, 4.69) is 20.8 Å². The van der Waals surface area contributed by atoms with Crippen molar-refractivity contribution in [2.75, 3.05) is 11.6 Å². The van der Waals surface area contributed by atoms with Gasteiger partial charge in [0.25, 0.3) is 0 Å². The lowest BCUT2D eigenvalue weighted by Gasteiger charge is -2.22. The molecule has 1 fully saturated rings. The Labute approximate surface area is 162 Å². The van der Waals surface area contributed by atoms with E-state index in [1.807, 2.05) is 31.2 Å². The number of nitrogen functional groups attached to an aromatic ring is 1. The van der Waals surface area contributed by atoms with Crippen molar-refractivity contribution in [3.63, 3.8) is 0 Å². The van der Waals surface area contributed by atoms with Crippen LogP contribution in [0.15, 0.2) is 29.4 Å². The number of benzene rings is 1. The first-order valence-electron chi connectivity index (χ1n) is 9.03. The summed E-state index contributed by atoms with van der Waals surface area (Å²) >= 11 is 1.13. The van der Waals surface area contributed by atoms with E-state index in [1.165, 1.54) is 11.1 Å². The van der Waals surface area contributed by atoms with Crippen LogP contribution in [0.2, 0.25) is 0 Å². The van der Waals surface area contributed by atoms with E-state index in [4.69, 9.17) is 5.84 Å². The first-order chi connectivity index (χ1) is 13.0. The van der Waals surface area contributed by atoms with Crippen molar-refractivity contribution in [1.29, 1.82) is 0 Å². The Morgan fingerprint density at radius 2 is 1.89 bits per heavy atom. The van der Waals surface area contributed by atoms with Crippen LogP contribution in [-0.2, 0) is 4.79 Å². The molecular formula is C18H24N6O2S. The Morgan fingerprint density at radius 1 is 1.19 bits per heavy atom. The third-order valence-corrected chi connectivity index (χ3v) is 5.44. The maximum atomic E-state index is 12.0. The molecule has 0 spiro atoms. The van der Waals surface area contributed by atoms with Gasteiger partial charge in [-0.2, -0.15) is 0 Å². The molecule has 1 saturated carbocycles. The molecule has 1 aliphatic carbocycles. The van der Waals surface area contributed by atoms with Gasteiger partial charge < -0.3 is 11.2 Å². The highest BCUT2D eigenvalue weighted by atomic mass is 32.2. The van der Waals surface area contributed by atoms with E-state index < -0.39 is 11.9 Å². The number of hydrogen-bond acceptors (Lipinski definition) is 6. The quantitative estimate of drug-likeness (QED) is 0.534. The van der Waals surface area contributed by atoms with E-state index in [9.17, 15) is 9.59 Å². The zero-order valence-corrected chi connectivity index (χ0v) is 16.1. The summed E-state index contributed by atoms with van der Waals surface area (Å²) < 4.78 is 1.35. The Kier molecular flexibility index (Phi) is 6.33. The molecule has 0 saturated heterocycles. The van der Waals surface area contributed by atoms with Gasteiger partial charge in [0.05, 0.1) is 5.75 Å². The molecule has 0 radical (unpaired) electrons. The summed E-state index contributed by atoms with van der Waals surface area (Å²) in [5, 5.41) is 13.7. The molecular weight excluding hydrogens is 364 g/mol. The van der Waals surface area contributed by atoms with Crippen LogP contribution in [0.4, 0.5) is 4.79 Å². The van der Waals surface area contributed by atoms with Gasteiger partial charge in [0, 0.05) is 11.6 Å². The third-order valence-electron chi connectivity index (χ3n) is 4.50. The number of carbonyl (C=O) groups excluding carboxylic acids is 2. The van der Waals surface area contributed by atoms with Crippen LogP contribution in [-0.4, -0.2) is 38.6 Å². The fourth-order valence-electron chi connectivity index (χ4n) is 3.04. The van der Waals surface area contributed by atoms with Crippen molar-refractivity contribution < 1.29 is 9.59 Å². The van der Waals surface area contributed by atoms with Gasteiger partial charge in [-0.05, 0) is 19.8 Å². The monoisotopic (exact) mass is 388 g/mol. The average Bonchev–Trinajstić information content (AvgIpc) is 3.02. The average molecular weight is 388 g/mol. The third kappa shape index (κ3) is 5.22. The standard InChI is InChI=1S/C18H24N6O2S/c1-12-7-9-13(10-8-12)16-22-23-18(24(16)19)27-11-15(25)21-17(26)20-14-5-3-2-4-6-14/h7-10,14H,2-6,11,19H2,1H3,(H2,20,21,25,26). The van der Waals surface area contributed by atoms with Crippen LogP contribution in [0.1, 0.15) is 37.7 Å². The number of nitrogens with one attached hydrogen (secondary N) is 2. The molecule has 1 aromatic heterocycles. The molecule has 1 aliphatic rings. The predicted molar refractivity (Wildman–Crippen MR) is 105 cm³/mol. The number of nitrogens with zero attached hydrogens (tertiary/aromatic N) is 3. The maximum absolute atomic E-state index is 12.0. The van der Waals surface area contributed by atoms with Crippen LogP contribution in [0.25, 0.3) is 11.4 Å². The summed E-state index contributed by atoms with van der Waals surface area (Å²) in [5.74, 6) is 6.20. The molecule has 2 aromatic rings. The fourth-order valence-corrected chi connectivity index (χ4v) is 3.69. The highest BCUT2D eigenvalue weighted by molar-refractivity contribution is 7.99. The lowest BCUT2D eigenvalue weighted by atomic mass is 9.96. The molecule has 3 rings (SSSR count). The lowest BCUT2D eigenvalue weighted by molar-refractivity contribution is -0.117.